The number of para-hydroxylation sites is 1. The van der Waals surface area contributed by atoms with Gasteiger partial charge in [-0.1, -0.05) is 73.7 Å². The van der Waals surface area contributed by atoms with Crippen LogP contribution < -0.4 is 24.4 Å². The van der Waals surface area contributed by atoms with E-state index >= 15 is 0 Å². The first-order valence-electron chi connectivity index (χ1n) is 14.5. The number of ether oxygens (including phenoxy) is 3. The Labute approximate surface area is 263 Å². The van der Waals surface area contributed by atoms with E-state index in [9.17, 15) is 19.7 Å². The van der Waals surface area contributed by atoms with Crippen molar-refractivity contribution in [3.63, 3.8) is 0 Å². The number of hydrogen-bond donors (Lipinski definition) is 0. The molecule has 3 aromatic carbocycles. The van der Waals surface area contributed by atoms with Gasteiger partial charge in [-0.15, -0.1) is 0 Å². The van der Waals surface area contributed by atoms with Crippen LogP contribution in [0.5, 0.6) is 11.5 Å². The van der Waals surface area contributed by atoms with Gasteiger partial charge in [0, 0.05) is 6.07 Å². The van der Waals surface area contributed by atoms with Crippen LogP contribution in [0.25, 0.3) is 6.08 Å². The summed E-state index contributed by atoms with van der Waals surface area (Å²) in [6, 6.07) is 19.9. The van der Waals surface area contributed by atoms with E-state index < -0.39 is 22.5 Å². The molecule has 11 heteroatoms. The van der Waals surface area contributed by atoms with E-state index in [0.717, 1.165) is 23.3 Å². The van der Waals surface area contributed by atoms with E-state index in [-0.39, 0.29) is 28.0 Å². The van der Waals surface area contributed by atoms with E-state index in [1.165, 1.54) is 23.8 Å². The summed E-state index contributed by atoms with van der Waals surface area (Å²) in [5.41, 5.74) is 1.71. The zero-order valence-corrected chi connectivity index (χ0v) is 26.2. The summed E-state index contributed by atoms with van der Waals surface area (Å²) >= 11 is 1.09. The number of carbonyl (C=O) groups excluding carboxylic acids is 1. The second-order valence-electron chi connectivity index (χ2n) is 10.9. The molecule has 2 heterocycles. The zero-order valence-electron chi connectivity index (χ0n) is 25.4. The van der Waals surface area contributed by atoms with E-state index in [1.54, 1.807) is 43.3 Å². The van der Waals surface area contributed by atoms with Gasteiger partial charge in [-0.25, -0.2) is 9.79 Å². The average Bonchev–Trinajstić information content (AvgIpc) is 3.33. The third-order valence-electron chi connectivity index (χ3n) is 7.33. The third kappa shape index (κ3) is 6.88. The number of thiazole rings is 1. The number of rotatable bonds is 11. The number of allylic oxidation sites excluding steroid dienone is 1. The van der Waals surface area contributed by atoms with Crippen LogP contribution in [-0.2, 0) is 16.1 Å². The molecule has 0 saturated carbocycles. The molecule has 0 saturated heterocycles. The largest absolute Gasteiger partial charge is 0.493 e. The van der Waals surface area contributed by atoms with Gasteiger partial charge in [0.2, 0.25) is 0 Å². The van der Waals surface area contributed by atoms with E-state index in [1.807, 2.05) is 30.3 Å². The maximum Gasteiger partial charge on any atom is 0.338 e. The van der Waals surface area contributed by atoms with Crippen molar-refractivity contribution >= 4 is 29.1 Å². The standard InChI is InChI=1S/C34H33N3O7S/c1-21(2)16-17-43-27-15-14-25(18-28(27)42-4)31-30(33(39)44-20-23-10-6-5-7-11-23)22(3)35-34-36(31)32(38)29(45-34)19-24-12-8-9-13-26(24)37(40)41/h5-15,18-19,21,31H,16-17,20H2,1-4H3. The Morgan fingerprint density at radius 1 is 1.09 bits per heavy atom. The summed E-state index contributed by atoms with van der Waals surface area (Å²) in [4.78, 5) is 43.9. The molecular formula is C34H33N3O7S. The summed E-state index contributed by atoms with van der Waals surface area (Å²) in [6.45, 7) is 6.47. The Morgan fingerprint density at radius 3 is 2.53 bits per heavy atom. The van der Waals surface area contributed by atoms with E-state index in [2.05, 4.69) is 18.8 Å². The van der Waals surface area contributed by atoms with Crippen molar-refractivity contribution in [2.24, 2.45) is 10.9 Å². The molecule has 0 N–H and O–H groups in total. The van der Waals surface area contributed by atoms with Gasteiger partial charge >= 0.3 is 5.97 Å². The Hall–Kier alpha value is -5.03. The highest BCUT2D eigenvalue weighted by molar-refractivity contribution is 7.07. The Kier molecular flexibility index (Phi) is 9.58. The maximum absolute atomic E-state index is 14.0. The molecule has 5 rings (SSSR count). The number of nitrogens with zero attached hydrogens (tertiary/aromatic N) is 3. The molecule has 1 aliphatic rings. The topological polar surface area (TPSA) is 122 Å². The van der Waals surface area contributed by atoms with E-state index in [4.69, 9.17) is 14.2 Å². The Balaban J connectivity index is 1.63. The number of carbonyl (C=O) groups is 1. The van der Waals surface area contributed by atoms with Crippen molar-refractivity contribution < 1.29 is 23.9 Å². The fraction of sp³-hybridized carbons (Fsp3) is 0.265. The zero-order chi connectivity index (χ0) is 32.1. The van der Waals surface area contributed by atoms with Crippen molar-refractivity contribution in [1.82, 2.24) is 4.57 Å². The van der Waals surface area contributed by atoms with Crippen LogP contribution in [0.2, 0.25) is 0 Å². The minimum Gasteiger partial charge on any atom is -0.493 e. The van der Waals surface area contributed by atoms with Crippen molar-refractivity contribution in [1.29, 1.82) is 0 Å². The van der Waals surface area contributed by atoms with Gasteiger partial charge in [0.25, 0.3) is 11.2 Å². The highest BCUT2D eigenvalue weighted by Crippen LogP contribution is 2.36. The first-order chi connectivity index (χ1) is 21.7. The Morgan fingerprint density at radius 2 is 1.82 bits per heavy atom. The monoisotopic (exact) mass is 627 g/mol. The predicted octanol–water partition coefficient (Wildman–Crippen LogP) is 5.32. The fourth-order valence-electron chi connectivity index (χ4n) is 4.99. The third-order valence-corrected chi connectivity index (χ3v) is 8.31. The van der Waals surface area contributed by atoms with Gasteiger partial charge in [-0.2, -0.15) is 0 Å². The van der Waals surface area contributed by atoms with Crippen molar-refractivity contribution in [3.05, 3.63) is 131 Å². The summed E-state index contributed by atoms with van der Waals surface area (Å²) < 4.78 is 19.1. The van der Waals surface area contributed by atoms with Gasteiger partial charge in [0.1, 0.15) is 6.61 Å². The van der Waals surface area contributed by atoms with Crippen LogP contribution >= 0.6 is 11.3 Å². The number of aromatic nitrogens is 1. The first kappa shape index (κ1) is 31.4. The SMILES string of the molecule is COc1cc(C2C(C(=O)OCc3ccccc3)=C(C)N=c3sc(=Cc4ccccc4[N+](=O)[O-])c(=O)n32)ccc1OCCC(C)C. The van der Waals surface area contributed by atoms with Crippen LogP contribution in [0.3, 0.4) is 0 Å². The molecule has 1 atom stereocenters. The second-order valence-corrected chi connectivity index (χ2v) is 11.9. The fourth-order valence-corrected chi connectivity index (χ4v) is 6.03. The van der Waals surface area contributed by atoms with Crippen LogP contribution in [0.4, 0.5) is 5.69 Å². The van der Waals surface area contributed by atoms with Gasteiger partial charge in [0.15, 0.2) is 16.3 Å². The average molecular weight is 628 g/mol. The van der Waals surface area contributed by atoms with Crippen molar-refractivity contribution in [2.45, 2.75) is 39.8 Å². The number of hydrogen-bond acceptors (Lipinski definition) is 9. The molecule has 10 nitrogen and oxygen atoms in total. The van der Waals surface area contributed by atoms with E-state index in [0.29, 0.717) is 40.1 Å². The normalized spacial score (nSPS) is 14.6. The van der Waals surface area contributed by atoms with Crippen molar-refractivity contribution in [2.75, 3.05) is 13.7 Å². The molecule has 0 radical (unpaired) electrons. The molecule has 45 heavy (non-hydrogen) atoms. The molecule has 4 aromatic rings. The molecule has 232 valence electrons. The number of nitro benzene ring substituents is 1. The lowest BCUT2D eigenvalue weighted by Crippen LogP contribution is -2.40. The number of methoxy groups -OCH3 is 1. The molecular weight excluding hydrogens is 594 g/mol. The maximum atomic E-state index is 14.0. The number of esters is 1. The number of benzene rings is 3. The lowest BCUT2D eigenvalue weighted by atomic mass is 9.95. The summed E-state index contributed by atoms with van der Waals surface area (Å²) in [7, 11) is 1.53. The minimum atomic E-state index is -0.906. The molecule has 0 amide bonds. The number of nitro groups is 1. The Bertz CT molecular complexity index is 1940. The first-order valence-corrected chi connectivity index (χ1v) is 15.3. The summed E-state index contributed by atoms with van der Waals surface area (Å²) in [5.74, 6) is 0.838. The molecule has 0 aliphatic carbocycles. The highest BCUT2D eigenvalue weighted by atomic mass is 32.1. The predicted molar refractivity (Wildman–Crippen MR) is 171 cm³/mol. The van der Waals surface area contributed by atoms with Gasteiger partial charge < -0.3 is 14.2 Å². The summed E-state index contributed by atoms with van der Waals surface area (Å²) in [6.07, 6.45) is 2.35. The highest BCUT2D eigenvalue weighted by Gasteiger charge is 2.34. The second kappa shape index (κ2) is 13.7. The lowest BCUT2D eigenvalue weighted by molar-refractivity contribution is -0.385. The smallest absolute Gasteiger partial charge is 0.338 e. The summed E-state index contributed by atoms with van der Waals surface area (Å²) in [5, 5.41) is 11.6. The van der Waals surface area contributed by atoms with Crippen LogP contribution in [0.15, 0.2) is 93.9 Å². The van der Waals surface area contributed by atoms with Crippen LogP contribution in [0, 0.1) is 16.0 Å². The lowest BCUT2D eigenvalue weighted by Gasteiger charge is -2.25. The molecule has 0 bridgehead atoms. The minimum absolute atomic E-state index is 0.0389. The molecule has 1 aliphatic heterocycles. The molecule has 0 fully saturated rings. The van der Waals surface area contributed by atoms with Crippen LogP contribution in [0.1, 0.15) is 49.9 Å². The van der Waals surface area contributed by atoms with Gasteiger partial charge in [0.05, 0.1) is 46.0 Å². The number of fused-ring (bicyclic) bond motifs is 1. The quantitative estimate of drug-likeness (QED) is 0.125. The van der Waals surface area contributed by atoms with Crippen molar-refractivity contribution in [3.8, 4) is 11.5 Å². The molecule has 0 spiro atoms. The van der Waals surface area contributed by atoms with Gasteiger partial charge in [-0.05, 0) is 54.7 Å². The molecule has 1 aromatic heterocycles. The van der Waals surface area contributed by atoms with Crippen LogP contribution in [-0.4, -0.2) is 29.2 Å². The molecule has 1 unspecified atom stereocenters. The van der Waals surface area contributed by atoms with Gasteiger partial charge in [-0.3, -0.25) is 19.5 Å².